The molecule has 0 N–H and O–H groups in total. The van der Waals surface area contributed by atoms with Crippen molar-refractivity contribution < 1.29 is 0 Å². The first-order valence-electron chi connectivity index (χ1n) is 15.7. The number of hydrogen-bond acceptors (Lipinski definition) is 4. The van der Waals surface area contributed by atoms with E-state index in [0.717, 1.165) is 27.6 Å². The van der Waals surface area contributed by atoms with Gasteiger partial charge in [-0.2, -0.15) is 0 Å². The van der Waals surface area contributed by atoms with E-state index in [1.807, 2.05) is 11.3 Å². The first-order chi connectivity index (χ1) is 22.6. The van der Waals surface area contributed by atoms with Crippen molar-refractivity contribution in [2.24, 2.45) is 0 Å². The number of aromatic nitrogens is 3. The lowest BCUT2D eigenvalue weighted by atomic mass is 9.82. The molecule has 0 atom stereocenters. The topological polar surface area (TPSA) is 30.7 Å². The molecule has 0 spiro atoms. The number of benzene rings is 6. The molecule has 3 nitrogen and oxygen atoms in total. The summed E-state index contributed by atoms with van der Waals surface area (Å²) in [5.41, 5.74) is 10.8. The normalized spacial score (nSPS) is 14.4. The van der Waals surface area contributed by atoms with Gasteiger partial charge in [0.2, 0.25) is 5.95 Å². The molecule has 11 rings (SSSR count). The lowest BCUT2D eigenvalue weighted by Gasteiger charge is -2.22. The van der Waals surface area contributed by atoms with Gasteiger partial charge in [-0.3, -0.25) is 4.57 Å². The molecule has 0 bridgehead atoms. The molecule has 0 radical (unpaired) electrons. The molecule has 2 aliphatic rings. The minimum Gasteiger partial charge on any atom is -0.278 e. The van der Waals surface area contributed by atoms with Gasteiger partial charge in [0.15, 0.2) is 0 Å². The first-order valence-corrected chi connectivity index (χ1v) is 17.3. The Kier molecular flexibility index (Phi) is 4.74. The van der Waals surface area contributed by atoms with E-state index in [1.54, 1.807) is 11.8 Å². The van der Waals surface area contributed by atoms with Crippen molar-refractivity contribution in [1.29, 1.82) is 0 Å². The van der Waals surface area contributed by atoms with Crippen LogP contribution in [-0.2, 0) is 5.41 Å². The number of fused-ring (bicyclic) bond motifs is 12. The predicted octanol–water partition coefficient (Wildman–Crippen LogP) is 11.5. The Hall–Kier alpha value is -4.97. The van der Waals surface area contributed by atoms with Crippen molar-refractivity contribution in [3.05, 3.63) is 126 Å². The number of rotatable bonds is 1. The quantitative estimate of drug-likeness (QED) is 0.182. The number of thiophene rings is 1. The zero-order chi connectivity index (χ0) is 30.3. The van der Waals surface area contributed by atoms with Crippen LogP contribution in [0.1, 0.15) is 25.0 Å². The van der Waals surface area contributed by atoms with Crippen LogP contribution in [0.4, 0.5) is 0 Å². The minimum absolute atomic E-state index is 0.154. The van der Waals surface area contributed by atoms with Crippen LogP contribution in [0.15, 0.2) is 125 Å². The van der Waals surface area contributed by atoms with E-state index in [1.165, 1.54) is 68.6 Å². The monoisotopic (exact) mass is 623 g/mol. The van der Waals surface area contributed by atoms with Crippen LogP contribution in [-0.4, -0.2) is 14.5 Å². The summed E-state index contributed by atoms with van der Waals surface area (Å²) < 4.78 is 4.99. The molecule has 1 aliphatic heterocycles. The fourth-order valence-corrected chi connectivity index (χ4v) is 10.3. The highest BCUT2D eigenvalue weighted by Crippen LogP contribution is 2.55. The summed E-state index contributed by atoms with van der Waals surface area (Å²) in [5, 5.41) is 6.33. The Morgan fingerprint density at radius 2 is 1.39 bits per heavy atom. The molecule has 3 aromatic heterocycles. The van der Waals surface area contributed by atoms with Gasteiger partial charge in [0.1, 0.15) is 0 Å². The van der Waals surface area contributed by atoms with Gasteiger partial charge >= 0.3 is 0 Å². The van der Waals surface area contributed by atoms with E-state index in [9.17, 15) is 0 Å². The van der Waals surface area contributed by atoms with Crippen LogP contribution in [0.25, 0.3) is 81.2 Å². The summed E-state index contributed by atoms with van der Waals surface area (Å²) in [5.74, 6) is 0.715. The van der Waals surface area contributed by atoms with Crippen LogP contribution >= 0.6 is 23.1 Å². The molecule has 0 unspecified atom stereocenters. The van der Waals surface area contributed by atoms with Gasteiger partial charge in [0.05, 0.1) is 22.2 Å². The summed E-state index contributed by atoms with van der Waals surface area (Å²) >= 11 is 3.70. The van der Waals surface area contributed by atoms with Gasteiger partial charge in [-0.05, 0) is 70.8 Å². The molecular weight excluding hydrogens is 599 g/mol. The highest BCUT2D eigenvalue weighted by molar-refractivity contribution is 7.99. The highest BCUT2D eigenvalue weighted by atomic mass is 32.2. The minimum atomic E-state index is -0.154. The number of para-hydroxylation sites is 1. The van der Waals surface area contributed by atoms with E-state index >= 15 is 0 Å². The second-order valence-corrected chi connectivity index (χ2v) is 15.1. The summed E-state index contributed by atoms with van der Waals surface area (Å²) in [6.45, 7) is 4.76. The smallest absolute Gasteiger partial charge is 0.235 e. The van der Waals surface area contributed by atoms with Crippen LogP contribution in [0.3, 0.4) is 0 Å². The van der Waals surface area contributed by atoms with Gasteiger partial charge in [0, 0.05) is 57.1 Å². The van der Waals surface area contributed by atoms with Gasteiger partial charge in [-0.1, -0.05) is 92.3 Å². The molecule has 0 saturated heterocycles. The average molecular weight is 624 g/mol. The molecule has 6 aromatic carbocycles. The summed E-state index contributed by atoms with van der Waals surface area (Å²) in [6.07, 6.45) is 0. The third-order valence-electron chi connectivity index (χ3n) is 10.2. The molecule has 9 aromatic rings. The van der Waals surface area contributed by atoms with Gasteiger partial charge < -0.3 is 0 Å². The molecule has 46 heavy (non-hydrogen) atoms. The fourth-order valence-electron chi connectivity index (χ4n) is 8.11. The molecule has 4 heterocycles. The maximum atomic E-state index is 5.39. The van der Waals surface area contributed by atoms with Gasteiger partial charge in [0.25, 0.3) is 0 Å². The Morgan fingerprint density at radius 3 is 2.33 bits per heavy atom. The maximum Gasteiger partial charge on any atom is 0.235 e. The fraction of sp³-hybridized carbons (Fsp3) is 0.0732. The molecular formula is C41H25N3S2. The second-order valence-electron chi connectivity index (χ2n) is 13.0. The van der Waals surface area contributed by atoms with Crippen molar-refractivity contribution in [2.45, 2.75) is 29.1 Å². The SMILES string of the molecule is CC1(C)c2cc3c(cc2-c2c1ccc1sc4ccccc4c21)c1ccccc1n3-c1nc2c3c(cccc3n1)Sc1ccccc1-2. The standard InChI is InChI=1S/C41H25N3S2/c1-41(2)27-18-19-35-37(23-11-4-7-15-32(23)45-35)36(27)26-20-25-22-10-3-6-14-30(22)44(31(25)21-28(26)41)40-42-29-13-9-17-34-38(29)39(43-40)24-12-5-8-16-33(24)46-34/h3-21H,1-2H3. The van der Waals surface area contributed by atoms with Crippen LogP contribution in [0.5, 0.6) is 0 Å². The third-order valence-corrected chi connectivity index (χ3v) is 12.5. The second kappa shape index (κ2) is 8.64. The lowest BCUT2D eigenvalue weighted by Crippen LogP contribution is -2.15. The van der Waals surface area contributed by atoms with Crippen LogP contribution in [0.2, 0.25) is 0 Å². The van der Waals surface area contributed by atoms with Crippen molar-refractivity contribution in [3.63, 3.8) is 0 Å². The van der Waals surface area contributed by atoms with E-state index in [4.69, 9.17) is 9.97 Å². The van der Waals surface area contributed by atoms with Gasteiger partial charge in [-0.15, -0.1) is 11.3 Å². The van der Waals surface area contributed by atoms with Crippen LogP contribution in [0, 0.1) is 0 Å². The van der Waals surface area contributed by atoms with E-state index < -0.39 is 0 Å². The predicted molar refractivity (Wildman–Crippen MR) is 194 cm³/mol. The van der Waals surface area contributed by atoms with Crippen molar-refractivity contribution in [3.8, 4) is 28.3 Å². The first kappa shape index (κ1) is 25.2. The van der Waals surface area contributed by atoms with E-state index in [2.05, 4.69) is 134 Å². The molecule has 216 valence electrons. The molecule has 0 amide bonds. The summed E-state index contributed by atoms with van der Waals surface area (Å²) in [7, 11) is 0. The Bertz CT molecular complexity index is 2820. The Morgan fingerprint density at radius 1 is 0.587 bits per heavy atom. The third kappa shape index (κ3) is 3.10. The van der Waals surface area contributed by atoms with Crippen LogP contribution < -0.4 is 0 Å². The number of hydrogen-bond donors (Lipinski definition) is 0. The highest BCUT2D eigenvalue weighted by Gasteiger charge is 2.38. The lowest BCUT2D eigenvalue weighted by molar-refractivity contribution is 0.661. The molecule has 1 aliphatic carbocycles. The Balaban J connectivity index is 1.25. The van der Waals surface area contributed by atoms with E-state index in [-0.39, 0.29) is 5.41 Å². The summed E-state index contributed by atoms with van der Waals surface area (Å²) in [6, 6.07) is 42.2. The molecule has 0 fully saturated rings. The maximum absolute atomic E-state index is 5.39. The summed E-state index contributed by atoms with van der Waals surface area (Å²) in [4.78, 5) is 13.1. The molecule has 0 saturated carbocycles. The average Bonchev–Trinajstić information content (AvgIpc) is 3.69. The molecule has 5 heteroatoms. The van der Waals surface area contributed by atoms with E-state index in [0.29, 0.717) is 5.95 Å². The largest absolute Gasteiger partial charge is 0.278 e. The van der Waals surface area contributed by atoms with Crippen molar-refractivity contribution in [2.75, 3.05) is 0 Å². The van der Waals surface area contributed by atoms with Gasteiger partial charge in [-0.25, -0.2) is 9.97 Å². The zero-order valence-corrected chi connectivity index (χ0v) is 26.8. The van der Waals surface area contributed by atoms with Crippen molar-refractivity contribution >= 4 is 76.0 Å². The number of nitrogens with zero attached hydrogens (tertiary/aromatic N) is 3. The Labute approximate surface area is 273 Å². The zero-order valence-electron chi connectivity index (χ0n) is 25.1. The van der Waals surface area contributed by atoms with Crippen molar-refractivity contribution in [1.82, 2.24) is 14.5 Å².